The van der Waals surface area contributed by atoms with Crippen molar-refractivity contribution in [3.8, 4) is 0 Å². The molecule has 0 unspecified atom stereocenters. The van der Waals surface area contributed by atoms with Crippen molar-refractivity contribution in [3.05, 3.63) is 0 Å². The molecule has 0 spiro atoms. The van der Waals surface area contributed by atoms with E-state index < -0.39 is 0 Å². The molecule has 0 radical (unpaired) electrons. The first-order chi connectivity index (χ1) is 11.9. The molecule has 0 saturated heterocycles. The minimum atomic E-state index is 0.973. The molecule has 143 valence electrons. The van der Waals surface area contributed by atoms with Crippen molar-refractivity contribution >= 4 is 0 Å². The van der Waals surface area contributed by atoms with Crippen LogP contribution in [0.1, 0.15) is 116 Å². The molecule has 0 fully saturated rings. The van der Waals surface area contributed by atoms with E-state index in [1.165, 1.54) is 134 Å². The number of hydrogen-bond donors (Lipinski definition) is 0. The van der Waals surface area contributed by atoms with Crippen LogP contribution in [0.2, 0.25) is 0 Å². The van der Waals surface area contributed by atoms with Crippen molar-refractivity contribution in [2.24, 2.45) is 0 Å². The number of rotatable bonds is 21. The summed E-state index contributed by atoms with van der Waals surface area (Å²) in [6.45, 7) is 5.21. The van der Waals surface area contributed by atoms with E-state index in [-0.39, 0.29) is 0 Å². The Kier molecular flexibility index (Phi) is 24.6. The molecular formula is C21H43O2Zr. The van der Waals surface area contributed by atoms with E-state index in [0.29, 0.717) is 0 Å². The van der Waals surface area contributed by atoms with Gasteiger partial charge in [-0.15, -0.1) is 0 Å². The molecule has 0 saturated carbocycles. The molecule has 0 aromatic heterocycles. The van der Waals surface area contributed by atoms with Crippen LogP contribution in [-0.4, -0.2) is 19.8 Å². The SMILES string of the molecule is CCCCCCCCOCCCCCCCCCCCCC[O][Zr]. The van der Waals surface area contributed by atoms with E-state index in [2.05, 4.69) is 6.92 Å². The van der Waals surface area contributed by atoms with Gasteiger partial charge >= 0.3 is 98.8 Å². The number of unbranched alkanes of at least 4 members (excludes halogenated alkanes) is 15. The summed E-state index contributed by atoms with van der Waals surface area (Å²) in [6, 6.07) is 0. The molecule has 0 bridgehead atoms. The summed E-state index contributed by atoms with van der Waals surface area (Å²) in [5.41, 5.74) is 0. The Balaban J connectivity index is 2.93. The quantitative estimate of drug-likeness (QED) is 0.184. The second-order valence-corrected chi connectivity index (χ2v) is 7.83. The van der Waals surface area contributed by atoms with E-state index in [1.807, 2.05) is 0 Å². The van der Waals surface area contributed by atoms with Gasteiger partial charge in [-0.3, -0.25) is 0 Å². The van der Waals surface area contributed by atoms with Crippen LogP contribution >= 0.6 is 0 Å². The Morgan fingerprint density at radius 3 is 1.17 bits per heavy atom. The van der Waals surface area contributed by atoms with Gasteiger partial charge < -0.3 is 4.74 Å². The maximum atomic E-state index is 5.73. The number of hydrogen-bond acceptors (Lipinski definition) is 2. The fourth-order valence-electron chi connectivity index (χ4n) is 3.06. The van der Waals surface area contributed by atoms with E-state index in [1.54, 1.807) is 0 Å². The van der Waals surface area contributed by atoms with Gasteiger partial charge in [0.15, 0.2) is 0 Å². The van der Waals surface area contributed by atoms with Crippen LogP contribution in [0, 0.1) is 0 Å². The molecule has 0 aliphatic carbocycles. The molecule has 0 aromatic carbocycles. The molecule has 0 aromatic rings. The molecule has 0 aliphatic heterocycles. The topological polar surface area (TPSA) is 18.5 Å². The summed E-state index contributed by atoms with van der Waals surface area (Å²) in [5.74, 6) is 0. The Hall–Kier alpha value is 0.803. The van der Waals surface area contributed by atoms with Crippen LogP contribution in [0.15, 0.2) is 0 Å². The first-order valence-corrected chi connectivity index (χ1v) is 11.8. The molecule has 0 N–H and O–H groups in total. The van der Waals surface area contributed by atoms with E-state index >= 15 is 0 Å². The predicted octanol–water partition coefficient (Wildman–Crippen LogP) is 7.13. The fourth-order valence-corrected chi connectivity index (χ4v) is 3.41. The standard InChI is InChI=1S/C21H43O2.Zr/c1-2-3-4-5-14-17-20-23-21-18-15-12-10-8-6-7-9-11-13-16-19-22;/h2-21H2,1H3;/q-1;+1. The van der Waals surface area contributed by atoms with Gasteiger partial charge in [-0.1, -0.05) is 39.0 Å². The third-order valence-corrected chi connectivity index (χ3v) is 5.18. The molecule has 24 heavy (non-hydrogen) atoms. The second kappa shape index (κ2) is 23.8. The van der Waals surface area contributed by atoms with Crippen LogP contribution in [0.25, 0.3) is 0 Å². The third kappa shape index (κ3) is 22.8. The Morgan fingerprint density at radius 1 is 0.458 bits per heavy atom. The van der Waals surface area contributed by atoms with Crippen molar-refractivity contribution in [3.63, 3.8) is 0 Å². The molecule has 0 aliphatic rings. The van der Waals surface area contributed by atoms with Crippen molar-refractivity contribution in [1.29, 1.82) is 0 Å². The number of ether oxygens (including phenoxy) is 1. The summed E-state index contributed by atoms with van der Waals surface area (Å²) < 4.78 is 10.9. The van der Waals surface area contributed by atoms with Crippen molar-refractivity contribution in [2.45, 2.75) is 116 Å². The molecule has 0 heterocycles. The van der Waals surface area contributed by atoms with Gasteiger partial charge in [0.25, 0.3) is 0 Å². The van der Waals surface area contributed by atoms with Gasteiger partial charge in [-0.25, -0.2) is 0 Å². The van der Waals surface area contributed by atoms with E-state index in [9.17, 15) is 0 Å². The van der Waals surface area contributed by atoms with Crippen LogP contribution < -0.4 is 0 Å². The van der Waals surface area contributed by atoms with Gasteiger partial charge in [-0.05, 0) is 12.8 Å². The molecule has 2 nitrogen and oxygen atoms in total. The van der Waals surface area contributed by atoms with Crippen LogP contribution in [0.5, 0.6) is 0 Å². The van der Waals surface area contributed by atoms with E-state index in [0.717, 1.165) is 19.8 Å². The van der Waals surface area contributed by atoms with Gasteiger partial charge in [0, 0.05) is 13.2 Å². The average Bonchev–Trinajstić information content (AvgIpc) is 2.60. The first-order valence-electron chi connectivity index (χ1n) is 10.8. The van der Waals surface area contributed by atoms with Gasteiger partial charge in [0.1, 0.15) is 0 Å². The molecule has 0 rings (SSSR count). The summed E-state index contributed by atoms with van der Waals surface area (Å²) in [7, 11) is 0. The van der Waals surface area contributed by atoms with Gasteiger partial charge in [0.05, 0.1) is 0 Å². The van der Waals surface area contributed by atoms with Crippen LogP contribution in [-0.2, 0) is 32.7 Å². The monoisotopic (exact) mass is 417 g/mol. The average molecular weight is 419 g/mol. The summed E-state index contributed by atoms with van der Waals surface area (Å²) in [4.78, 5) is 0. The first kappa shape index (κ1) is 24.8. The zero-order valence-electron chi connectivity index (χ0n) is 16.5. The zero-order valence-corrected chi connectivity index (χ0v) is 18.9. The summed E-state index contributed by atoms with van der Waals surface area (Å²) in [6.07, 6.45) is 23.3. The van der Waals surface area contributed by atoms with Crippen molar-refractivity contribution in [2.75, 3.05) is 19.8 Å². The van der Waals surface area contributed by atoms with E-state index in [4.69, 9.17) is 7.55 Å². The Morgan fingerprint density at radius 2 is 0.792 bits per heavy atom. The van der Waals surface area contributed by atoms with Crippen molar-refractivity contribution in [1.82, 2.24) is 0 Å². The zero-order chi connectivity index (χ0) is 17.6. The fraction of sp³-hybridized carbons (Fsp3) is 1.00. The summed E-state index contributed by atoms with van der Waals surface area (Å²) in [5, 5.41) is 0. The molecular weight excluding hydrogens is 375 g/mol. The van der Waals surface area contributed by atoms with Crippen LogP contribution in [0.3, 0.4) is 0 Å². The minimum absolute atomic E-state index is 0.973. The van der Waals surface area contributed by atoms with Gasteiger partial charge in [0.2, 0.25) is 0 Å². The predicted molar refractivity (Wildman–Crippen MR) is 101 cm³/mol. The molecule has 3 heteroatoms. The Labute approximate surface area is 168 Å². The van der Waals surface area contributed by atoms with Gasteiger partial charge in [-0.2, -0.15) is 0 Å². The normalized spacial score (nSPS) is 11.2. The Bertz CT molecular complexity index is 190. The third-order valence-electron chi connectivity index (χ3n) is 4.68. The van der Waals surface area contributed by atoms with Crippen molar-refractivity contribution < 1.29 is 32.7 Å². The maximum absolute atomic E-state index is 5.73. The summed E-state index contributed by atoms with van der Waals surface area (Å²) >= 11 is 1.22. The second-order valence-electron chi connectivity index (χ2n) is 7.12. The van der Waals surface area contributed by atoms with Crippen LogP contribution in [0.4, 0.5) is 0 Å². The molecule has 0 atom stereocenters. The molecule has 0 amide bonds.